The highest BCUT2D eigenvalue weighted by Crippen LogP contribution is 2.24. The van der Waals surface area contributed by atoms with Crippen LogP contribution in [0.15, 0.2) is 53.1 Å². The molecule has 1 unspecified atom stereocenters. The number of nitro benzene ring substituents is 1. The van der Waals surface area contributed by atoms with Crippen LogP contribution in [0.2, 0.25) is 0 Å². The lowest BCUT2D eigenvalue weighted by Crippen LogP contribution is -2.40. The number of aromatic nitrogens is 2. The van der Waals surface area contributed by atoms with Gasteiger partial charge in [-0.2, -0.15) is 4.98 Å². The fourth-order valence-corrected chi connectivity index (χ4v) is 3.80. The first-order valence-corrected chi connectivity index (χ1v) is 10.2. The second-order valence-electron chi connectivity index (χ2n) is 7.70. The van der Waals surface area contributed by atoms with Gasteiger partial charge < -0.3 is 9.84 Å². The van der Waals surface area contributed by atoms with Crippen molar-refractivity contribution in [2.45, 2.75) is 26.3 Å². The van der Waals surface area contributed by atoms with Crippen LogP contribution < -0.4 is 5.32 Å². The third-order valence-corrected chi connectivity index (χ3v) is 5.41. The molecule has 1 N–H and O–H groups in total. The van der Waals surface area contributed by atoms with E-state index in [0.717, 1.165) is 30.5 Å². The van der Waals surface area contributed by atoms with Crippen LogP contribution in [0.3, 0.4) is 0 Å². The standard InChI is InChI=1S/C22H23N5O4/c1-15-6-2-3-10-19(15)21-24-20(31-25-21)14-26-11-5-7-16(13-26)22(28)23-17-8-4-9-18(12-17)27(29)30/h2-4,6,8-10,12,16H,5,7,11,13-14H2,1H3,(H,23,28). The summed E-state index contributed by atoms with van der Waals surface area (Å²) in [7, 11) is 0. The molecule has 1 aromatic heterocycles. The summed E-state index contributed by atoms with van der Waals surface area (Å²) in [5.74, 6) is 0.714. The molecule has 1 aliphatic rings. The number of piperidine rings is 1. The van der Waals surface area contributed by atoms with Crippen molar-refractivity contribution < 1.29 is 14.2 Å². The zero-order valence-corrected chi connectivity index (χ0v) is 17.2. The van der Waals surface area contributed by atoms with E-state index in [4.69, 9.17) is 4.52 Å². The van der Waals surface area contributed by atoms with Gasteiger partial charge in [0.2, 0.25) is 17.6 Å². The van der Waals surface area contributed by atoms with Gasteiger partial charge in [-0.05, 0) is 37.9 Å². The number of hydrogen-bond acceptors (Lipinski definition) is 7. The first-order valence-electron chi connectivity index (χ1n) is 10.2. The van der Waals surface area contributed by atoms with Crippen molar-refractivity contribution in [2.75, 3.05) is 18.4 Å². The molecular formula is C22H23N5O4. The largest absolute Gasteiger partial charge is 0.338 e. The number of non-ortho nitro benzene ring substituents is 1. The molecule has 3 aromatic rings. The molecule has 1 atom stereocenters. The number of carbonyl (C=O) groups is 1. The van der Waals surface area contributed by atoms with E-state index in [1.54, 1.807) is 12.1 Å². The van der Waals surface area contributed by atoms with Gasteiger partial charge in [0.05, 0.1) is 17.4 Å². The number of rotatable bonds is 6. The molecule has 31 heavy (non-hydrogen) atoms. The molecule has 4 rings (SSSR count). The van der Waals surface area contributed by atoms with E-state index >= 15 is 0 Å². The monoisotopic (exact) mass is 421 g/mol. The molecule has 0 radical (unpaired) electrons. The lowest BCUT2D eigenvalue weighted by molar-refractivity contribution is -0.384. The number of nitro groups is 1. The first-order chi connectivity index (χ1) is 15.0. The molecule has 0 bridgehead atoms. The summed E-state index contributed by atoms with van der Waals surface area (Å²) in [5, 5.41) is 17.8. The Balaban J connectivity index is 1.38. The van der Waals surface area contributed by atoms with Gasteiger partial charge in [0.25, 0.3) is 5.69 Å². The molecule has 2 aromatic carbocycles. The van der Waals surface area contributed by atoms with Crippen molar-refractivity contribution in [1.82, 2.24) is 15.0 Å². The average Bonchev–Trinajstić information content (AvgIpc) is 3.22. The summed E-state index contributed by atoms with van der Waals surface area (Å²) in [4.78, 5) is 29.8. The van der Waals surface area contributed by atoms with Gasteiger partial charge in [-0.1, -0.05) is 35.5 Å². The third kappa shape index (κ3) is 4.95. The second-order valence-corrected chi connectivity index (χ2v) is 7.70. The van der Waals surface area contributed by atoms with Crippen LogP contribution in [0.1, 0.15) is 24.3 Å². The molecular weight excluding hydrogens is 398 g/mol. The number of nitrogens with zero attached hydrogens (tertiary/aromatic N) is 4. The lowest BCUT2D eigenvalue weighted by atomic mass is 9.97. The Hall–Kier alpha value is -3.59. The van der Waals surface area contributed by atoms with Gasteiger partial charge in [0.15, 0.2) is 0 Å². The maximum Gasteiger partial charge on any atom is 0.271 e. The quantitative estimate of drug-likeness (QED) is 0.475. The maximum atomic E-state index is 12.7. The van der Waals surface area contributed by atoms with Crippen LogP contribution >= 0.6 is 0 Å². The summed E-state index contributed by atoms with van der Waals surface area (Å²) >= 11 is 0. The summed E-state index contributed by atoms with van der Waals surface area (Å²) < 4.78 is 5.44. The molecule has 1 amide bonds. The number of benzene rings is 2. The van der Waals surface area contributed by atoms with E-state index in [2.05, 4.69) is 20.4 Å². The van der Waals surface area contributed by atoms with Crippen LogP contribution in [0.25, 0.3) is 11.4 Å². The molecule has 0 saturated carbocycles. The minimum Gasteiger partial charge on any atom is -0.338 e. The molecule has 160 valence electrons. The van der Waals surface area contributed by atoms with Gasteiger partial charge >= 0.3 is 0 Å². The molecule has 1 saturated heterocycles. The Morgan fingerprint density at radius 3 is 2.94 bits per heavy atom. The average molecular weight is 421 g/mol. The van der Waals surface area contributed by atoms with Crippen molar-refractivity contribution in [3.05, 3.63) is 70.1 Å². The van der Waals surface area contributed by atoms with Crippen LogP contribution in [-0.4, -0.2) is 39.0 Å². The minimum absolute atomic E-state index is 0.0519. The molecule has 0 aliphatic carbocycles. The molecule has 0 spiro atoms. The predicted molar refractivity (Wildman–Crippen MR) is 114 cm³/mol. The van der Waals surface area contributed by atoms with E-state index in [1.165, 1.54) is 12.1 Å². The Morgan fingerprint density at radius 2 is 2.13 bits per heavy atom. The number of likely N-dealkylation sites (tertiary alicyclic amines) is 1. The SMILES string of the molecule is Cc1ccccc1-c1noc(CN2CCCC(C(=O)Nc3cccc([N+](=O)[O-])c3)C2)n1. The normalized spacial score (nSPS) is 16.7. The second kappa shape index (κ2) is 9.05. The summed E-state index contributed by atoms with van der Waals surface area (Å²) in [6.07, 6.45) is 1.63. The van der Waals surface area contributed by atoms with E-state index in [0.29, 0.717) is 30.5 Å². The maximum absolute atomic E-state index is 12.7. The topological polar surface area (TPSA) is 114 Å². The van der Waals surface area contributed by atoms with Crippen LogP contribution in [-0.2, 0) is 11.3 Å². The van der Waals surface area contributed by atoms with Gasteiger partial charge in [-0.3, -0.25) is 19.8 Å². The fraction of sp³-hybridized carbons (Fsp3) is 0.318. The van der Waals surface area contributed by atoms with E-state index in [1.807, 2.05) is 31.2 Å². The highest BCUT2D eigenvalue weighted by atomic mass is 16.6. The molecule has 9 heteroatoms. The van der Waals surface area contributed by atoms with Crippen molar-refractivity contribution in [3.63, 3.8) is 0 Å². The number of aryl methyl sites for hydroxylation is 1. The predicted octanol–water partition coefficient (Wildman–Crippen LogP) is 3.80. The number of nitrogens with one attached hydrogen (secondary N) is 1. The smallest absolute Gasteiger partial charge is 0.271 e. The van der Waals surface area contributed by atoms with Crippen LogP contribution in [0.5, 0.6) is 0 Å². The van der Waals surface area contributed by atoms with Crippen molar-refractivity contribution in [3.8, 4) is 11.4 Å². The van der Waals surface area contributed by atoms with Gasteiger partial charge in [-0.15, -0.1) is 0 Å². The Kier molecular flexibility index (Phi) is 6.03. The van der Waals surface area contributed by atoms with Gasteiger partial charge in [-0.25, -0.2) is 0 Å². The number of carbonyl (C=O) groups excluding carboxylic acids is 1. The number of amides is 1. The van der Waals surface area contributed by atoms with Crippen LogP contribution in [0.4, 0.5) is 11.4 Å². The summed E-state index contributed by atoms with van der Waals surface area (Å²) in [5.41, 5.74) is 2.39. The number of hydrogen-bond donors (Lipinski definition) is 1. The lowest BCUT2D eigenvalue weighted by Gasteiger charge is -2.30. The summed E-state index contributed by atoms with van der Waals surface area (Å²) in [6, 6.07) is 13.8. The summed E-state index contributed by atoms with van der Waals surface area (Å²) in [6.45, 7) is 3.87. The zero-order valence-electron chi connectivity index (χ0n) is 17.2. The molecule has 9 nitrogen and oxygen atoms in total. The van der Waals surface area contributed by atoms with E-state index in [-0.39, 0.29) is 17.5 Å². The van der Waals surface area contributed by atoms with Gasteiger partial charge in [0.1, 0.15) is 0 Å². The Bertz CT molecular complexity index is 1100. The third-order valence-electron chi connectivity index (χ3n) is 5.41. The van der Waals surface area contributed by atoms with Gasteiger partial charge in [0, 0.05) is 29.9 Å². The molecule has 1 fully saturated rings. The fourth-order valence-electron chi connectivity index (χ4n) is 3.80. The van der Waals surface area contributed by atoms with Crippen LogP contribution in [0, 0.1) is 23.0 Å². The van der Waals surface area contributed by atoms with E-state index in [9.17, 15) is 14.9 Å². The zero-order chi connectivity index (χ0) is 21.8. The highest BCUT2D eigenvalue weighted by Gasteiger charge is 2.27. The minimum atomic E-state index is -0.479. The van der Waals surface area contributed by atoms with Crippen molar-refractivity contribution in [2.24, 2.45) is 5.92 Å². The first kappa shape index (κ1) is 20.7. The Labute approximate surface area is 179 Å². The van der Waals surface area contributed by atoms with Crippen molar-refractivity contribution >= 4 is 17.3 Å². The van der Waals surface area contributed by atoms with E-state index < -0.39 is 4.92 Å². The molecule has 2 heterocycles. The Morgan fingerprint density at radius 1 is 1.29 bits per heavy atom. The highest BCUT2D eigenvalue weighted by molar-refractivity contribution is 5.93. The molecule has 1 aliphatic heterocycles. The number of anilines is 1. The van der Waals surface area contributed by atoms with Crippen molar-refractivity contribution in [1.29, 1.82) is 0 Å².